The number of anilines is 6. The molecule has 11 aromatic carbocycles. The summed E-state index contributed by atoms with van der Waals surface area (Å²) in [5.74, 6) is 0. The minimum absolute atomic E-state index is 0.104. The summed E-state index contributed by atoms with van der Waals surface area (Å²) in [7, 11) is 0. The molecule has 0 aliphatic carbocycles. The number of fused-ring (bicyclic) bond motifs is 10. The largest absolute Gasteiger partial charge is 0.310 e. The number of hydrogen-bond acceptors (Lipinski definition) is 4. The van der Waals surface area contributed by atoms with Gasteiger partial charge in [-0.15, -0.1) is 0 Å². The molecule has 0 unspecified atom stereocenters. The molecule has 0 atom stereocenters. The van der Waals surface area contributed by atoms with E-state index in [2.05, 4.69) is 176 Å². The highest BCUT2D eigenvalue weighted by Gasteiger charge is 2.46. The molecule has 2 aliphatic rings. The minimum atomic E-state index is -0.482. The fourth-order valence-electron chi connectivity index (χ4n) is 13.7. The number of benzene rings is 11. The second-order valence-electron chi connectivity index (χ2n) is 23.6. The molecule has 0 radical (unpaired) electrons. The van der Waals surface area contributed by atoms with Crippen molar-refractivity contribution in [2.75, 3.05) is 9.80 Å². The SMILES string of the molecule is [2H]c1c([2H])c([2H])c2c(c1[2H])c1ccccc1n2-c1ccc2c(c1)N(c1c(-c3ccccc3)cncc1-c1ccccc1)c1cc(C(C)(C)C)cc3c1B2c1ccc(-n2c4ccccc4c4c([2H])c([2H])c([2H])c([2H])c42)cc1N3c1c(-c2ccccc2)cncc1-c1ccccc1. The average molecular weight is 1120 g/mol. The topological polar surface area (TPSA) is 42.1 Å². The lowest BCUT2D eigenvalue weighted by molar-refractivity contribution is 0.590. The van der Waals surface area contributed by atoms with Crippen molar-refractivity contribution in [2.45, 2.75) is 26.2 Å². The zero-order chi connectivity index (χ0) is 64.9. The molecular formula is C80H57BN6. The molecule has 410 valence electrons. The van der Waals surface area contributed by atoms with Crippen LogP contribution >= 0.6 is 0 Å². The minimum Gasteiger partial charge on any atom is -0.310 e. The highest BCUT2D eigenvalue weighted by Crippen LogP contribution is 2.54. The summed E-state index contributed by atoms with van der Waals surface area (Å²) in [5, 5.41) is 2.29. The van der Waals surface area contributed by atoms with E-state index in [1.807, 2.05) is 107 Å². The highest BCUT2D eigenvalue weighted by molar-refractivity contribution is 7.00. The van der Waals surface area contributed by atoms with Gasteiger partial charge in [-0.3, -0.25) is 9.97 Å². The Morgan fingerprint density at radius 2 is 0.713 bits per heavy atom. The Bertz CT molecular complexity index is 5260. The first-order valence-electron chi connectivity index (χ1n) is 33.4. The molecule has 6 heterocycles. The second kappa shape index (κ2) is 19.8. The van der Waals surface area contributed by atoms with E-state index in [-0.39, 0.29) is 48.3 Å². The van der Waals surface area contributed by atoms with Crippen molar-refractivity contribution in [3.63, 3.8) is 0 Å². The molecule has 4 aromatic heterocycles. The molecule has 7 heteroatoms. The number of para-hydroxylation sites is 4. The Hall–Kier alpha value is -11.0. The quantitative estimate of drug-likeness (QED) is 0.142. The Labute approximate surface area is 517 Å². The predicted octanol–water partition coefficient (Wildman–Crippen LogP) is 18.7. The molecule has 87 heavy (non-hydrogen) atoms. The van der Waals surface area contributed by atoms with Crippen molar-refractivity contribution < 1.29 is 11.0 Å². The third kappa shape index (κ3) is 7.89. The van der Waals surface area contributed by atoms with E-state index in [0.717, 1.165) is 112 Å². The van der Waals surface area contributed by atoms with Crippen LogP contribution in [-0.2, 0) is 5.41 Å². The maximum Gasteiger partial charge on any atom is 0.252 e. The van der Waals surface area contributed by atoms with Gasteiger partial charge in [-0.25, -0.2) is 0 Å². The van der Waals surface area contributed by atoms with Gasteiger partial charge in [-0.2, -0.15) is 0 Å². The number of rotatable bonds is 8. The van der Waals surface area contributed by atoms with Gasteiger partial charge >= 0.3 is 0 Å². The molecule has 0 bridgehead atoms. The van der Waals surface area contributed by atoms with Crippen LogP contribution in [0.15, 0.2) is 292 Å². The van der Waals surface area contributed by atoms with Crippen LogP contribution in [0, 0.1) is 0 Å². The third-order valence-electron chi connectivity index (χ3n) is 17.7. The zero-order valence-corrected chi connectivity index (χ0v) is 47.9. The van der Waals surface area contributed by atoms with E-state index >= 15 is 0 Å². The molecule has 0 spiro atoms. The van der Waals surface area contributed by atoms with Crippen LogP contribution in [0.5, 0.6) is 0 Å². The lowest BCUT2D eigenvalue weighted by atomic mass is 9.33. The van der Waals surface area contributed by atoms with Crippen LogP contribution in [-0.4, -0.2) is 25.8 Å². The first-order chi connectivity index (χ1) is 46.2. The highest BCUT2D eigenvalue weighted by atomic mass is 15.2. The summed E-state index contributed by atoms with van der Waals surface area (Å²) < 4.78 is 78.2. The van der Waals surface area contributed by atoms with Crippen molar-refractivity contribution in [3.8, 4) is 55.9 Å². The smallest absolute Gasteiger partial charge is 0.252 e. The molecule has 2 aliphatic heterocycles. The summed E-state index contributed by atoms with van der Waals surface area (Å²) in [6.07, 6.45) is 7.85. The Morgan fingerprint density at radius 3 is 1.09 bits per heavy atom. The van der Waals surface area contributed by atoms with E-state index in [9.17, 15) is 5.48 Å². The number of pyridine rings is 2. The van der Waals surface area contributed by atoms with Crippen LogP contribution in [0.2, 0.25) is 0 Å². The van der Waals surface area contributed by atoms with E-state index in [0.29, 0.717) is 44.0 Å². The first kappa shape index (κ1) is 42.7. The molecule has 0 N–H and O–H groups in total. The summed E-state index contributed by atoms with van der Waals surface area (Å²) in [4.78, 5) is 15.0. The van der Waals surface area contributed by atoms with Crippen molar-refractivity contribution in [2.24, 2.45) is 0 Å². The summed E-state index contributed by atoms with van der Waals surface area (Å²) >= 11 is 0. The van der Waals surface area contributed by atoms with Gasteiger partial charge < -0.3 is 18.9 Å². The van der Waals surface area contributed by atoms with E-state index in [4.69, 9.17) is 15.5 Å². The standard InChI is InChI=1S/C80H57BN6/c1-80(2,3)56-44-75-77-76(45-56)87(79-65(54-28-12-6-13-29-54)50-83-51-66(79)55-30-14-7-15-31-55)74-47-58(85-71-38-22-18-34-61(71)62-35-19-23-39-72(62)85)41-43-68(74)81(77)67-42-40-57(84-69-36-20-16-32-59(69)60-33-17-21-37-70(60)84)46-73(67)86(75)78-63(52-24-8-4-9-25-52)48-82-49-64(78)53-26-10-5-11-27-53/h4-51H,1-3H3/i16D,18D,20D,22D,32D,34D,36D,38D. The molecule has 0 fully saturated rings. The van der Waals surface area contributed by atoms with Gasteiger partial charge in [0.15, 0.2) is 0 Å². The van der Waals surface area contributed by atoms with Gasteiger partial charge in [0.25, 0.3) is 6.71 Å². The third-order valence-corrected chi connectivity index (χ3v) is 17.7. The van der Waals surface area contributed by atoms with E-state index in [1.54, 1.807) is 0 Å². The maximum absolute atomic E-state index is 9.66. The van der Waals surface area contributed by atoms with Gasteiger partial charge in [-0.05, 0) is 110 Å². The predicted molar refractivity (Wildman–Crippen MR) is 365 cm³/mol. The van der Waals surface area contributed by atoms with Crippen molar-refractivity contribution in [1.29, 1.82) is 0 Å². The maximum atomic E-state index is 9.66. The van der Waals surface area contributed by atoms with E-state index in [1.165, 1.54) is 0 Å². The van der Waals surface area contributed by atoms with Crippen LogP contribution in [0.4, 0.5) is 34.1 Å². The normalized spacial score (nSPS) is 14.0. The Morgan fingerprint density at radius 1 is 0.356 bits per heavy atom. The fourth-order valence-corrected chi connectivity index (χ4v) is 13.7. The molecule has 0 saturated heterocycles. The monoisotopic (exact) mass is 1120 g/mol. The molecule has 6 nitrogen and oxygen atoms in total. The van der Waals surface area contributed by atoms with Gasteiger partial charge in [-0.1, -0.05) is 227 Å². The number of hydrogen-bond donors (Lipinski definition) is 0. The Kier molecular flexibility index (Phi) is 9.73. The van der Waals surface area contributed by atoms with Crippen LogP contribution < -0.4 is 26.2 Å². The van der Waals surface area contributed by atoms with E-state index < -0.39 is 12.1 Å². The van der Waals surface area contributed by atoms with Crippen molar-refractivity contribution in [1.82, 2.24) is 19.1 Å². The Balaban J connectivity index is 1.06. The first-order valence-corrected chi connectivity index (χ1v) is 29.4. The second-order valence-corrected chi connectivity index (χ2v) is 23.6. The zero-order valence-electron chi connectivity index (χ0n) is 55.9. The van der Waals surface area contributed by atoms with Gasteiger partial charge in [0.1, 0.15) is 0 Å². The van der Waals surface area contributed by atoms with Crippen LogP contribution in [0.25, 0.3) is 99.5 Å². The summed E-state index contributed by atoms with van der Waals surface area (Å²) in [6.45, 7) is 6.27. The number of nitrogens with zero attached hydrogens (tertiary/aromatic N) is 6. The van der Waals surface area contributed by atoms with Crippen LogP contribution in [0.3, 0.4) is 0 Å². The molecule has 0 amide bonds. The fraction of sp³-hybridized carbons (Fsp3) is 0.0500. The average Bonchev–Trinajstić information content (AvgIpc) is 1.01. The molecule has 15 aromatic rings. The molecule has 17 rings (SSSR count). The lowest BCUT2D eigenvalue weighted by Crippen LogP contribution is -2.61. The molecular weight excluding hydrogens is 1060 g/mol. The van der Waals surface area contributed by atoms with Crippen molar-refractivity contribution in [3.05, 3.63) is 297 Å². The summed E-state index contributed by atoms with van der Waals surface area (Å²) in [6, 6.07) is 73.2. The van der Waals surface area contributed by atoms with Gasteiger partial charge in [0.05, 0.1) is 44.4 Å². The number of aromatic nitrogens is 4. The lowest BCUT2D eigenvalue weighted by Gasteiger charge is -2.46. The van der Waals surface area contributed by atoms with Crippen molar-refractivity contribution >= 4 is 101 Å². The van der Waals surface area contributed by atoms with Gasteiger partial charge in [0.2, 0.25) is 0 Å². The summed E-state index contributed by atoms with van der Waals surface area (Å²) in [5.41, 5.74) is 19.8. The van der Waals surface area contributed by atoms with Gasteiger partial charge in [0, 0.05) is 103 Å². The molecule has 0 saturated carbocycles. The van der Waals surface area contributed by atoms with Crippen LogP contribution in [0.1, 0.15) is 37.3 Å².